The minimum atomic E-state index is -3.72. The maximum atomic E-state index is 13.2. The minimum Gasteiger partial charge on any atom is -0.479 e. The highest BCUT2D eigenvalue weighted by Crippen LogP contribution is 2.56. The highest BCUT2D eigenvalue weighted by Gasteiger charge is 2.86. The summed E-state index contributed by atoms with van der Waals surface area (Å²) in [5.74, 6) is -10.0. The number of fused-ring (bicyclic) bond motifs is 2. The number of aliphatic hydroxyl groups is 2. The molecule has 0 radical (unpaired) electrons. The largest absolute Gasteiger partial charge is 0.479 e. The van der Waals surface area contributed by atoms with E-state index in [0.29, 0.717) is 19.3 Å². The fourth-order valence-corrected chi connectivity index (χ4v) is 7.55. The van der Waals surface area contributed by atoms with Gasteiger partial charge in [-0.3, -0.25) is 9.59 Å². The molecule has 2 heterocycles. The van der Waals surface area contributed by atoms with Crippen molar-refractivity contribution in [1.82, 2.24) is 0 Å². The number of hydrogen-bond acceptors (Lipinski definition) is 12. The second-order valence-electron chi connectivity index (χ2n) is 14.6. The van der Waals surface area contributed by atoms with Crippen molar-refractivity contribution in [2.24, 2.45) is 5.92 Å². The fraction of sp³-hybridized carbons (Fsp3) is 0.548. The van der Waals surface area contributed by atoms with Crippen molar-refractivity contribution in [2.45, 2.75) is 132 Å². The highest BCUT2D eigenvalue weighted by molar-refractivity contribution is 5.98. The molecule has 14 heteroatoms. The number of ether oxygens (including phenoxy) is 5. The summed E-state index contributed by atoms with van der Waals surface area (Å²) in [6.45, 7) is 3.13. The third kappa shape index (κ3) is 10.0. The number of carbonyl (C=O) groups excluding carboxylic acids is 3. The highest BCUT2D eigenvalue weighted by atomic mass is 16.8. The number of carboxylic acids is 2. The van der Waals surface area contributed by atoms with E-state index in [-0.39, 0.29) is 25.2 Å². The second kappa shape index (κ2) is 20.0. The SMILES string of the molecule is COC(=O)C1O[C@@]2(CCCC(OC(C)=O)C(C)C/C=C/c3ccccc3)O[C@](C(=O)O)(C(OC(=O)CCCCCCCCc3ccccc3)C2O)C1(O)C(=O)O. The predicted molar refractivity (Wildman–Crippen MR) is 201 cm³/mol. The number of carbonyl (C=O) groups is 5. The first-order valence-corrected chi connectivity index (χ1v) is 19.2. The van der Waals surface area contributed by atoms with Gasteiger partial charge < -0.3 is 44.1 Å². The number of esters is 3. The number of methoxy groups -OCH3 is 1. The molecule has 0 amide bonds. The summed E-state index contributed by atoms with van der Waals surface area (Å²) in [6, 6.07) is 19.7. The van der Waals surface area contributed by atoms with Gasteiger partial charge in [-0.15, -0.1) is 0 Å². The summed E-state index contributed by atoms with van der Waals surface area (Å²) in [7, 11) is 0.875. The minimum absolute atomic E-state index is 0.0167. The third-order valence-electron chi connectivity index (χ3n) is 10.6. The van der Waals surface area contributed by atoms with Crippen molar-refractivity contribution >= 4 is 35.9 Å². The molecule has 14 nitrogen and oxygen atoms in total. The van der Waals surface area contributed by atoms with E-state index in [2.05, 4.69) is 12.1 Å². The Balaban J connectivity index is 1.48. The van der Waals surface area contributed by atoms with E-state index in [9.17, 15) is 44.4 Å². The van der Waals surface area contributed by atoms with Crippen LogP contribution in [0.1, 0.15) is 95.6 Å². The van der Waals surface area contributed by atoms with Crippen LogP contribution in [-0.2, 0) is 54.1 Å². The molecule has 2 aliphatic rings. The molecule has 0 aliphatic carbocycles. The van der Waals surface area contributed by atoms with E-state index in [1.807, 2.05) is 67.6 Å². The van der Waals surface area contributed by atoms with Crippen LogP contribution in [0.2, 0.25) is 0 Å². The van der Waals surface area contributed by atoms with Crippen LogP contribution in [0.5, 0.6) is 0 Å². The van der Waals surface area contributed by atoms with E-state index in [0.717, 1.165) is 44.8 Å². The fourth-order valence-electron chi connectivity index (χ4n) is 7.55. The second-order valence-corrected chi connectivity index (χ2v) is 14.6. The van der Waals surface area contributed by atoms with E-state index < -0.39 is 77.7 Å². The van der Waals surface area contributed by atoms with Crippen LogP contribution in [0.15, 0.2) is 66.7 Å². The summed E-state index contributed by atoms with van der Waals surface area (Å²) in [5.41, 5.74) is -4.89. The number of aliphatic carboxylic acids is 2. The number of benzene rings is 2. The van der Waals surface area contributed by atoms with E-state index in [1.165, 1.54) is 12.5 Å². The molecule has 56 heavy (non-hydrogen) atoms. The van der Waals surface area contributed by atoms with Crippen molar-refractivity contribution in [1.29, 1.82) is 0 Å². The van der Waals surface area contributed by atoms with Gasteiger partial charge in [0.25, 0.3) is 0 Å². The lowest BCUT2D eigenvalue weighted by atomic mass is 9.74. The zero-order valence-corrected chi connectivity index (χ0v) is 32.2. The quantitative estimate of drug-likeness (QED) is 0.0703. The van der Waals surface area contributed by atoms with Crippen molar-refractivity contribution in [3.8, 4) is 0 Å². The number of carboxylic acid groups (broad SMARTS) is 2. The van der Waals surface area contributed by atoms with Crippen molar-refractivity contribution < 1.29 is 68.1 Å². The van der Waals surface area contributed by atoms with Gasteiger partial charge in [0.1, 0.15) is 12.2 Å². The Morgan fingerprint density at radius 3 is 2.11 bits per heavy atom. The van der Waals surface area contributed by atoms with Crippen molar-refractivity contribution in [3.63, 3.8) is 0 Å². The zero-order valence-electron chi connectivity index (χ0n) is 32.2. The number of rotatable bonds is 22. The molecule has 6 unspecified atom stereocenters. The number of hydrogen-bond donors (Lipinski definition) is 4. The Labute approximate surface area is 326 Å². The average molecular weight is 783 g/mol. The van der Waals surface area contributed by atoms with Crippen molar-refractivity contribution in [3.05, 3.63) is 77.9 Å². The number of allylic oxidation sites excluding steroid dienone is 1. The van der Waals surface area contributed by atoms with Gasteiger partial charge in [-0.2, -0.15) is 0 Å². The zero-order chi connectivity index (χ0) is 40.9. The molecule has 2 aromatic carbocycles. The summed E-state index contributed by atoms with van der Waals surface area (Å²) in [6.07, 6.45) is 1.96. The van der Waals surface area contributed by atoms with Gasteiger partial charge in [0, 0.05) is 19.8 Å². The number of unbranched alkanes of at least 4 members (excludes halogenated alkanes) is 5. The summed E-state index contributed by atoms with van der Waals surface area (Å²) < 4.78 is 27.4. The number of aliphatic hydroxyl groups excluding tert-OH is 1. The molecule has 8 atom stereocenters. The summed E-state index contributed by atoms with van der Waals surface area (Å²) in [4.78, 5) is 64.2. The van der Waals surface area contributed by atoms with Crippen LogP contribution in [0, 0.1) is 5.92 Å². The molecule has 0 spiro atoms. The molecule has 4 N–H and O–H groups in total. The van der Waals surface area contributed by atoms with E-state index in [4.69, 9.17) is 23.7 Å². The van der Waals surface area contributed by atoms with Crippen LogP contribution >= 0.6 is 0 Å². The molecule has 306 valence electrons. The predicted octanol–water partition coefficient (Wildman–Crippen LogP) is 5.01. The normalized spacial score (nSPS) is 26.6. The molecule has 2 bridgehead atoms. The molecule has 0 aromatic heterocycles. The molecule has 2 aromatic rings. The maximum absolute atomic E-state index is 13.2. The monoisotopic (exact) mass is 782 g/mol. The van der Waals surface area contributed by atoms with Crippen molar-refractivity contribution in [2.75, 3.05) is 7.11 Å². The Bertz CT molecular complexity index is 1660. The average Bonchev–Trinajstić information content (AvgIpc) is 3.38. The summed E-state index contributed by atoms with van der Waals surface area (Å²) in [5, 5.41) is 44.3. The van der Waals surface area contributed by atoms with Crippen LogP contribution in [0.25, 0.3) is 6.08 Å². The van der Waals surface area contributed by atoms with Crippen LogP contribution in [0.4, 0.5) is 0 Å². The van der Waals surface area contributed by atoms with Gasteiger partial charge in [-0.25, -0.2) is 14.4 Å². The number of aryl methyl sites for hydroxylation is 1. The van der Waals surface area contributed by atoms with E-state index >= 15 is 0 Å². The van der Waals surface area contributed by atoms with Crippen LogP contribution in [-0.4, -0.2) is 98.8 Å². The smallest absolute Gasteiger partial charge is 0.344 e. The van der Waals surface area contributed by atoms with Crippen LogP contribution < -0.4 is 0 Å². The van der Waals surface area contributed by atoms with Gasteiger partial charge in [-0.1, -0.05) is 105 Å². The van der Waals surface area contributed by atoms with Gasteiger partial charge in [0.2, 0.25) is 23.1 Å². The maximum Gasteiger partial charge on any atom is 0.344 e. The molecular weight excluding hydrogens is 728 g/mol. The van der Waals surface area contributed by atoms with Crippen LogP contribution in [0.3, 0.4) is 0 Å². The van der Waals surface area contributed by atoms with Gasteiger partial charge in [-0.05, 0) is 55.6 Å². The molecule has 2 saturated heterocycles. The third-order valence-corrected chi connectivity index (χ3v) is 10.6. The van der Waals surface area contributed by atoms with Gasteiger partial charge >= 0.3 is 29.8 Å². The Morgan fingerprint density at radius 2 is 1.50 bits per heavy atom. The lowest BCUT2D eigenvalue weighted by molar-refractivity contribution is -0.374. The van der Waals surface area contributed by atoms with Gasteiger partial charge in [0.05, 0.1) is 7.11 Å². The Kier molecular flexibility index (Phi) is 15.7. The standard InChI is InChI=1S/C42H54O14/c1-28(18-16-24-31-22-13-9-14-23-31)32(53-29(2)43)25-17-27-40-34(45)35(42(56-40,39(49)50)41(51,38(47)48)36(55-40)37(46)52-3)54-33(44)26-15-7-5-4-6-10-19-30-20-11-8-12-21-30/h8-9,11-14,16,20-24,28,32,34-36,45,51H,4-7,10,15,17-19,25-27H2,1-3H3,(H,47,48)(H,49,50)/b24-16+/t28?,32?,34?,35?,36?,40-,41?,42-/m0/s1. The lowest BCUT2D eigenvalue weighted by Crippen LogP contribution is -2.78. The van der Waals surface area contributed by atoms with E-state index in [1.54, 1.807) is 0 Å². The lowest BCUT2D eigenvalue weighted by Gasteiger charge is -2.49. The molecule has 2 fully saturated rings. The first-order valence-electron chi connectivity index (χ1n) is 19.2. The first kappa shape index (κ1) is 44.1. The molecule has 4 rings (SSSR count). The first-order chi connectivity index (χ1) is 26.7. The molecule has 0 saturated carbocycles. The van der Waals surface area contributed by atoms with Gasteiger partial charge in [0.15, 0.2) is 6.10 Å². The summed E-state index contributed by atoms with van der Waals surface area (Å²) >= 11 is 0. The Morgan fingerprint density at radius 1 is 0.875 bits per heavy atom. The molecular formula is C42H54O14. The molecule has 2 aliphatic heterocycles. The Hall–Kier alpha value is -4.63. The topological polar surface area (TPSA) is 212 Å².